The quantitative estimate of drug-likeness (QED) is 0.0208. The summed E-state index contributed by atoms with van der Waals surface area (Å²) in [6.07, 6.45) is 7.20. The summed E-state index contributed by atoms with van der Waals surface area (Å²) in [6.45, 7) is 12.9. The molecule has 372 valence electrons. The van der Waals surface area contributed by atoms with E-state index < -0.39 is 54.7 Å². The predicted octanol–water partition coefficient (Wildman–Crippen LogP) is 8.06. The summed E-state index contributed by atoms with van der Waals surface area (Å²) in [5.41, 5.74) is 0. The highest BCUT2D eigenvalue weighted by atomic mass is 28.5. The first-order chi connectivity index (χ1) is 34.5. The molecule has 0 aliphatic rings. The van der Waals surface area contributed by atoms with Crippen LogP contribution >= 0.6 is 0 Å². The third-order valence-corrected chi connectivity index (χ3v) is 33.0. The van der Waals surface area contributed by atoms with Crippen LogP contribution in [0.1, 0.15) is 40.5 Å². The Morgan fingerprint density at radius 2 is 0.634 bits per heavy atom. The van der Waals surface area contributed by atoms with Crippen molar-refractivity contribution < 1.29 is 44.4 Å². The van der Waals surface area contributed by atoms with Gasteiger partial charge in [-0.25, -0.2) is 9.59 Å². The number of ether oxygens (including phenoxy) is 2. The molecule has 0 heterocycles. The summed E-state index contributed by atoms with van der Waals surface area (Å²) >= 11 is 0. The fourth-order valence-electron chi connectivity index (χ4n) is 8.64. The SMILES string of the molecule is CC=CC(=O)OCCC[Si](C)(OCC)O[Si](O[Si](O[Si](O[Si](C)(CCCOC(=O)C=CC)OCC)(c1ccccc1)c1ccccc1)(c1ccccc1)c1ccccc1)(c1ccccc1)c1ccccc1. The largest absolute Gasteiger partial charge is 0.463 e. The van der Waals surface area contributed by atoms with Crippen LogP contribution in [-0.4, -0.2) is 81.2 Å². The maximum atomic E-state index is 12.5. The molecule has 0 amide bonds. The number of hydrogen-bond acceptors (Lipinski definition) is 10. The molecule has 0 aliphatic heterocycles. The zero-order valence-corrected chi connectivity index (χ0v) is 46.9. The molecule has 6 aromatic rings. The lowest BCUT2D eigenvalue weighted by Gasteiger charge is -2.49. The van der Waals surface area contributed by atoms with Crippen LogP contribution in [0.15, 0.2) is 206 Å². The van der Waals surface area contributed by atoms with E-state index in [9.17, 15) is 9.59 Å². The van der Waals surface area contributed by atoms with Crippen molar-refractivity contribution in [2.45, 2.75) is 65.7 Å². The van der Waals surface area contributed by atoms with Crippen LogP contribution in [0.25, 0.3) is 0 Å². The summed E-state index contributed by atoms with van der Waals surface area (Å²) < 4.78 is 58.1. The first-order valence-corrected chi connectivity index (χ1v) is 35.0. The number of hydrogen-bond donors (Lipinski definition) is 0. The van der Waals surface area contributed by atoms with Crippen molar-refractivity contribution in [3.63, 3.8) is 0 Å². The molecule has 0 aromatic heterocycles. The average molecular weight is 1040 g/mol. The average Bonchev–Trinajstić information content (AvgIpc) is 3.40. The lowest BCUT2D eigenvalue weighted by Crippen LogP contribution is -2.82. The van der Waals surface area contributed by atoms with Crippen molar-refractivity contribution in [2.75, 3.05) is 26.4 Å². The van der Waals surface area contributed by atoms with Crippen molar-refractivity contribution in [2.24, 2.45) is 0 Å². The Balaban J connectivity index is 1.68. The minimum absolute atomic E-state index is 0.199. The number of allylic oxidation sites excluding steroid dienone is 2. The minimum Gasteiger partial charge on any atom is -0.463 e. The van der Waals surface area contributed by atoms with E-state index in [4.69, 9.17) is 34.8 Å². The Bertz CT molecular complexity index is 2320. The Hall–Kier alpha value is -5.42. The molecular formula is C56H68O10Si5. The van der Waals surface area contributed by atoms with Gasteiger partial charge in [-0.2, -0.15) is 0 Å². The van der Waals surface area contributed by atoms with Crippen molar-refractivity contribution in [1.29, 1.82) is 0 Å². The highest BCUT2D eigenvalue weighted by molar-refractivity contribution is 7.11. The lowest BCUT2D eigenvalue weighted by molar-refractivity contribution is -0.138. The van der Waals surface area contributed by atoms with Crippen LogP contribution in [0.3, 0.4) is 0 Å². The second-order valence-corrected chi connectivity index (χ2v) is 33.7. The van der Waals surface area contributed by atoms with Gasteiger partial charge < -0.3 is 34.8 Å². The first-order valence-electron chi connectivity index (χ1n) is 24.5. The van der Waals surface area contributed by atoms with Gasteiger partial charge in [0.1, 0.15) is 0 Å². The van der Waals surface area contributed by atoms with E-state index in [1.54, 1.807) is 26.0 Å². The summed E-state index contributed by atoms with van der Waals surface area (Å²) in [4.78, 5) is 24.9. The van der Waals surface area contributed by atoms with Gasteiger partial charge in [0.05, 0.1) is 13.2 Å². The van der Waals surface area contributed by atoms with Crippen LogP contribution in [0.4, 0.5) is 0 Å². The Labute approximate surface area is 426 Å². The highest BCUT2D eigenvalue weighted by Crippen LogP contribution is 2.31. The molecule has 0 fully saturated rings. The summed E-state index contributed by atoms with van der Waals surface area (Å²) in [5, 5.41) is 5.15. The highest BCUT2D eigenvalue weighted by Gasteiger charge is 2.62. The fourth-order valence-corrected chi connectivity index (χ4v) is 33.2. The maximum absolute atomic E-state index is 12.5. The molecule has 0 radical (unpaired) electrons. The molecule has 15 heteroatoms. The maximum Gasteiger partial charge on any atom is 0.390 e. The van der Waals surface area contributed by atoms with Gasteiger partial charge in [-0.3, -0.25) is 0 Å². The van der Waals surface area contributed by atoms with E-state index in [0.717, 1.165) is 31.1 Å². The minimum atomic E-state index is -4.27. The smallest absolute Gasteiger partial charge is 0.390 e. The number of carbonyl (C=O) groups excluding carboxylic acids is 2. The number of esters is 2. The molecule has 0 bridgehead atoms. The molecule has 0 spiro atoms. The Morgan fingerprint density at radius 3 is 0.859 bits per heavy atom. The van der Waals surface area contributed by atoms with E-state index in [2.05, 4.69) is 85.9 Å². The molecule has 2 unspecified atom stereocenters. The Morgan fingerprint density at radius 1 is 0.394 bits per heavy atom. The van der Waals surface area contributed by atoms with Crippen LogP contribution in [0, 0.1) is 0 Å². The van der Waals surface area contributed by atoms with E-state index >= 15 is 0 Å². The van der Waals surface area contributed by atoms with E-state index in [1.165, 1.54) is 12.2 Å². The molecule has 0 saturated carbocycles. The van der Waals surface area contributed by atoms with Crippen LogP contribution < -0.4 is 31.1 Å². The van der Waals surface area contributed by atoms with Crippen molar-refractivity contribution in [1.82, 2.24) is 0 Å². The van der Waals surface area contributed by atoms with Gasteiger partial charge in [0, 0.05) is 25.4 Å². The van der Waals surface area contributed by atoms with Crippen molar-refractivity contribution >= 4 is 85.9 Å². The third-order valence-electron chi connectivity index (χ3n) is 11.8. The van der Waals surface area contributed by atoms with Crippen LogP contribution in [-0.2, 0) is 44.4 Å². The molecule has 0 N–H and O–H groups in total. The van der Waals surface area contributed by atoms with Gasteiger partial charge in [-0.1, -0.05) is 194 Å². The van der Waals surface area contributed by atoms with Gasteiger partial charge in [0.2, 0.25) is 0 Å². The van der Waals surface area contributed by atoms with Crippen LogP contribution in [0.2, 0.25) is 25.2 Å². The van der Waals surface area contributed by atoms with Crippen molar-refractivity contribution in [3.8, 4) is 0 Å². The number of carbonyl (C=O) groups is 2. The molecule has 6 aromatic carbocycles. The van der Waals surface area contributed by atoms with Gasteiger partial charge in [0.25, 0.3) is 0 Å². The monoisotopic (exact) mass is 1040 g/mol. The molecule has 71 heavy (non-hydrogen) atoms. The van der Waals surface area contributed by atoms with E-state index in [-0.39, 0.29) is 13.2 Å². The topological polar surface area (TPSA) is 108 Å². The Kier molecular flexibility index (Phi) is 20.8. The summed E-state index contributed by atoms with van der Waals surface area (Å²) in [7, 11) is -19.0. The molecule has 10 nitrogen and oxygen atoms in total. The van der Waals surface area contributed by atoms with E-state index in [0.29, 0.717) is 38.1 Å². The third kappa shape index (κ3) is 14.4. The standard InChI is InChI=1S/C56H68O10Si5/c1-7-31-55(57)59-45-29-47-67(5,61-9-3)63-69(49-33-17-11-18-34-49,50-35-19-12-20-36-50)65-71(53-41-25-15-26-42-53,54-43-27-16-28-44-54)66-70(51-37-21-13-22-38-51,52-39-23-14-24-40-52)64-68(6,62-10-4)48-30-46-60-56(58)32-8-2/h7-8,11-28,31-44H,9-10,29-30,45-48H2,1-6H3. The molecule has 6 rings (SSSR count). The zero-order valence-electron chi connectivity index (χ0n) is 41.9. The summed E-state index contributed by atoms with van der Waals surface area (Å²) in [6, 6.07) is 62.4. The van der Waals surface area contributed by atoms with Gasteiger partial charge >= 0.3 is 54.7 Å². The van der Waals surface area contributed by atoms with Gasteiger partial charge in [-0.05, 0) is 96.8 Å². The lowest BCUT2D eigenvalue weighted by atomic mass is 10.4. The van der Waals surface area contributed by atoms with Gasteiger partial charge in [0.15, 0.2) is 0 Å². The number of benzene rings is 6. The first kappa shape index (κ1) is 54.9. The second kappa shape index (κ2) is 26.9. The molecule has 0 aliphatic carbocycles. The molecule has 2 atom stereocenters. The van der Waals surface area contributed by atoms with E-state index in [1.807, 2.05) is 123 Å². The van der Waals surface area contributed by atoms with Gasteiger partial charge in [-0.15, -0.1) is 0 Å². The van der Waals surface area contributed by atoms with Crippen molar-refractivity contribution in [3.05, 3.63) is 206 Å². The van der Waals surface area contributed by atoms with Crippen LogP contribution in [0.5, 0.6) is 0 Å². The summed E-state index contributed by atoms with van der Waals surface area (Å²) in [5.74, 6) is -0.786. The number of rotatable bonds is 28. The molecular weight excluding hydrogens is 973 g/mol. The zero-order chi connectivity index (χ0) is 50.5. The second-order valence-electron chi connectivity index (χ2n) is 17.1. The normalized spacial score (nSPS) is 13.9. The molecule has 0 saturated heterocycles. The predicted molar refractivity (Wildman–Crippen MR) is 295 cm³/mol. The fraction of sp³-hybridized carbons (Fsp3) is 0.250.